The van der Waals surface area contributed by atoms with Crippen LogP contribution in [-0.2, 0) is 22.4 Å². The van der Waals surface area contributed by atoms with Gasteiger partial charge in [0.2, 0.25) is 0 Å². The highest BCUT2D eigenvalue weighted by Gasteiger charge is 2.23. The van der Waals surface area contributed by atoms with Crippen LogP contribution in [0.15, 0.2) is 48.5 Å². The molecular formula is C20H21NO3. The molecule has 0 aliphatic carbocycles. The zero-order chi connectivity index (χ0) is 16.9. The highest BCUT2D eigenvalue weighted by molar-refractivity contribution is 5.97. The number of fused-ring (bicyclic) bond motifs is 1. The molecule has 4 heteroatoms. The van der Waals surface area contributed by atoms with Crippen LogP contribution < -0.4 is 4.90 Å². The maximum absolute atomic E-state index is 12.4. The fourth-order valence-electron chi connectivity index (χ4n) is 2.96. The van der Waals surface area contributed by atoms with Gasteiger partial charge in [0.1, 0.15) is 0 Å². The zero-order valence-corrected chi connectivity index (χ0v) is 13.8. The lowest BCUT2D eigenvalue weighted by Gasteiger charge is -2.29. The number of esters is 1. The summed E-state index contributed by atoms with van der Waals surface area (Å²) in [5, 5.41) is 0. The Morgan fingerprint density at radius 1 is 1.08 bits per heavy atom. The molecule has 1 amide bonds. The number of aryl methyl sites for hydroxylation is 2. The van der Waals surface area contributed by atoms with E-state index >= 15 is 0 Å². The van der Waals surface area contributed by atoms with Gasteiger partial charge < -0.3 is 9.64 Å². The number of carbonyl (C=O) groups is 2. The molecule has 0 unspecified atom stereocenters. The third-order valence-electron chi connectivity index (χ3n) is 4.34. The number of carbonyl (C=O) groups excluding carboxylic acids is 2. The maximum Gasteiger partial charge on any atom is 0.338 e. The first-order valence-electron chi connectivity index (χ1n) is 8.33. The average molecular weight is 323 g/mol. The van der Waals surface area contributed by atoms with Gasteiger partial charge >= 0.3 is 5.97 Å². The summed E-state index contributed by atoms with van der Waals surface area (Å²) in [6, 6.07) is 15.2. The van der Waals surface area contributed by atoms with Crippen molar-refractivity contribution in [3.05, 3.63) is 65.2 Å². The maximum atomic E-state index is 12.4. The van der Waals surface area contributed by atoms with Gasteiger partial charge in [-0.1, -0.05) is 37.3 Å². The van der Waals surface area contributed by atoms with Crippen molar-refractivity contribution in [2.75, 3.05) is 18.1 Å². The molecule has 2 aromatic rings. The molecule has 0 spiro atoms. The van der Waals surface area contributed by atoms with Gasteiger partial charge in [0.25, 0.3) is 5.91 Å². The molecular weight excluding hydrogens is 302 g/mol. The molecule has 1 aliphatic rings. The number of para-hydroxylation sites is 1. The smallest absolute Gasteiger partial charge is 0.338 e. The van der Waals surface area contributed by atoms with Crippen LogP contribution in [0.25, 0.3) is 0 Å². The van der Waals surface area contributed by atoms with E-state index < -0.39 is 5.97 Å². The topological polar surface area (TPSA) is 46.6 Å². The number of amides is 1. The van der Waals surface area contributed by atoms with E-state index in [1.807, 2.05) is 36.4 Å². The second kappa shape index (κ2) is 7.30. The fraction of sp³-hybridized carbons (Fsp3) is 0.300. The van der Waals surface area contributed by atoms with Crippen LogP contribution in [0.4, 0.5) is 5.69 Å². The zero-order valence-electron chi connectivity index (χ0n) is 13.8. The second-order valence-electron chi connectivity index (χ2n) is 5.90. The molecule has 1 heterocycles. The standard InChI is InChI=1S/C20H21NO3/c1-2-15-9-11-17(12-10-15)20(23)24-14-19(22)21-13-5-7-16-6-3-4-8-18(16)21/h3-4,6,8-12H,2,5,7,13-14H2,1H3. The molecule has 0 bridgehead atoms. The Hall–Kier alpha value is -2.62. The van der Waals surface area contributed by atoms with Crippen molar-refractivity contribution in [2.45, 2.75) is 26.2 Å². The highest BCUT2D eigenvalue weighted by Crippen LogP contribution is 2.26. The van der Waals surface area contributed by atoms with Gasteiger partial charge in [-0.25, -0.2) is 4.79 Å². The van der Waals surface area contributed by atoms with Crippen LogP contribution in [-0.4, -0.2) is 25.0 Å². The fourth-order valence-corrected chi connectivity index (χ4v) is 2.96. The molecule has 24 heavy (non-hydrogen) atoms. The molecule has 0 radical (unpaired) electrons. The Balaban J connectivity index is 1.62. The third-order valence-corrected chi connectivity index (χ3v) is 4.34. The van der Waals surface area contributed by atoms with Gasteiger partial charge in [-0.15, -0.1) is 0 Å². The van der Waals surface area contributed by atoms with E-state index in [0.717, 1.165) is 30.5 Å². The summed E-state index contributed by atoms with van der Waals surface area (Å²) in [7, 11) is 0. The summed E-state index contributed by atoms with van der Waals surface area (Å²) in [5.41, 5.74) is 3.72. The van der Waals surface area contributed by atoms with Crippen molar-refractivity contribution >= 4 is 17.6 Å². The van der Waals surface area contributed by atoms with Gasteiger partial charge in [0.05, 0.1) is 5.56 Å². The minimum Gasteiger partial charge on any atom is -0.452 e. The molecule has 2 aromatic carbocycles. The highest BCUT2D eigenvalue weighted by atomic mass is 16.5. The van der Waals surface area contributed by atoms with Crippen molar-refractivity contribution in [3.8, 4) is 0 Å². The summed E-state index contributed by atoms with van der Waals surface area (Å²) in [4.78, 5) is 26.2. The minimum absolute atomic E-state index is 0.180. The summed E-state index contributed by atoms with van der Waals surface area (Å²) >= 11 is 0. The van der Waals surface area contributed by atoms with Crippen LogP contribution in [0.2, 0.25) is 0 Å². The van der Waals surface area contributed by atoms with Crippen molar-refractivity contribution in [2.24, 2.45) is 0 Å². The number of rotatable bonds is 4. The normalized spacial score (nSPS) is 13.3. The molecule has 0 N–H and O–H groups in total. The molecule has 0 fully saturated rings. The average Bonchev–Trinajstić information content (AvgIpc) is 2.65. The lowest BCUT2D eigenvalue weighted by Crippen LogP contribution is -2.38. The number of anilines is 1. The van der Waals surface area contributed by atoms with E-state index in [-0.39, 0.29) is 12.5 Å². The van der Waals surface area contributed by atoms with Gasteiger partial charge in [-0.3, -0.25) is 4.79 Å². The number of nitrogens with zero attached hydrogens (tertiary/aromatic N) is 1. The first-order chi connectivity index (χ1) is 11.7. The predicted octanol–water partition coefficient (Wildman–Crippen LogP) is 3.39. The lowest BCUT2D eigenvalue weighted by molar-refractivity contribution is -0.121. The summed E-state index contributed by atoms with van der Waals surface area (Å²) in [6.45, 7) is 2.49. The molecule has 124 valence electrons. The molecule has 4 nitrogen and oxygen atoms in total. The van der Waals surface area contributed by atoms with Crippen molar-refractivity contribution in [3.63, 3.8) is 0 Å². The number of hydrogen-bond donors (Lipinski definition) is 0. The Kier molecular flexibility index (Phi) is 4.94. The molecule has 3 rings (SSSR count). The first-order valence-corrected chi connectivity index (χ1v) is 8.33. The van der Waals surface area contributed by atoms with Crippen molar-refractivity contribution < 1.29 is 14.3 Å². The molecule has 0 saturated heterocycles. The molecule has 0 atom stereocenters. The van der Waals surface area contributed by atoms with Gasteiger partial charge in [-0.2, -0.15) is 0 Å². The SMILES string of the molecule is CCc1ccc(C(=O)OCC(=O)N2CCCc3ccccc32)cc1. The molecule has 0 aromatic heterocycles. The van der Waals surface area contributed by atoms with E-state index in [1.54, 1.807) is 17.0 Å². The second-order valence-corrected chi connectivity index (χ2v) is 5.90. The van der Waals surface area contributed by atoms with Crippen LogP contribution in [0.3, 0.4) is 0 Å². The molecule has 1 aliphatic heterocycles. The largest absolute Gasteiger partial charge is 0.452 e. The monoisotopic (exact) mass is 323 g/mol. The van der Waals surface area contributed by atoms with Crippen LogP contribution >= 0.6 is 0 Å². The Morgan fingerprint density at radius 2 is 1.83 bits per heavy atom. The summed E-state index contributed by atoms with van der Waals surface area (Å²) < 4.78 is 5.20. The quantitative estimate of drug-likeness (QED) is 0.810. The Morgan fingerprint density at radius 3 is 2.58 bits per heavy atom. The van der Waals surface area contributed by atoms with E-state index in [2.05, 4.69) is 6.92 Å². The van der Waals surface area contributed by atoms with E-state index in [4.69, 9.17) is 4.74 Å². The van der Waals surface area contributed by atoms with Crippen LogP contribution in [0, 0.1) is 0 Å². The van der Waals surface area contributed by atoms with Crippen molar-refractivity contribution in [1.82, 2.24) is 0 Å². The van der Waals surface area contributed by atoms with Gasteiger partial charge in [-0.05, 0) is 48.6 Å². The predicted molar refractivity (Wildman–Crippen MR) is 93.2 cm³/mol. The third kappa shape index (κ3) is 3.48. The van der Waals surface area contributed by atoms with E-state index in [1.165, 1.54) is 5.56 Å². The lowest BCUT2D eigenvalue weighted by atomic mass is 10.0. The Bertz CT molecular complexity index is 737. The first kappa shape index (κ1) is 16.2. The number of ether oxygens (including phenoxy) is 1. The number of hydrogen-bond acceptors (Lipinski definition) is 3. The van der Waals surface area contributed by atoms with E-state index in [9.17, 15) is 9.59 Å². The Labute approximate surface area is 142 Å². The van der Waals surface area contributed by atoms with Crippen LogP contribution in [0.5, 0.6) is 0 Å². The van der Waals surface area contributed by atoms with E-state index in [0.29, 0.717) is 12.1 Å². The number of benzene rings is 2. The minimum atomic E-state index is -0.462. The van der Waals surface area contributed by atoms with Crippen molar-refractivity contribution in [1.29, 1.82) is 0 Å². The van der Waals surface area contributed by atoms with Crippen LogP contribution in [0.1, 0.15) is 34.8 Å². The van der Waals surface area contributed by atoms with Gasteiger partial charge in [0, 0.05) is 12.2 Å². The summed E-state index contributed by atoms with van der Waals surface area (Å²) in [6.07, 6.45) is 2.82. The van der Waals surface area contributed by atoms with Gasteiger partial charge in [0.15, 0.2) is 6.61 Å². The summed E-state index contributed by atoms with van der Waals surface area (Å²) in [5.74, 6) is -0.642. The molecule has 0 saturated carbocycles.